The Balaban J connectivity index is 1.85. The van der Waals surface area contributed by atoms with Gasteiger partial charge in [-0.3, -0.25) is 4.79 Å². The van der Waals surface area contributed by atoms with Crippen molar-refractivity contribution in [2.24, 2.45) is 0 Å². The number of halogens is 2. The molecule has 1 aliphatic heterocycles. The zero-order valence-corrected chi connectivity index (χ0v) is 16.1. The lowest BCUT2D eigenvalue weighted by Gasteiger charge is -2.28. The van der Waals surface area contributed by atoms with Gasteiger partial charge in [-0.1, -0.05) is 23.2 Å². The van der Waals surface area contributed by atoms with Crippen LogP contribution in [0.25, 0.3) is 0 Å². The van der Waals surface area contributed by atoms with Crippen molar-refractivity contribution in [1.82, 2.24) is 9.97 Å². The molecule has 1 N–H and O–H groups in total. The van der Waals surface area contributed by atoms with E-state index in [2.05, 4.69) is 20.2 Å². The molecule has 0 spiro atoms. The molecule has 1 saturated heterocycles. The van der Waals surface area contributed by atoms with Crippen LogP contribution in [0.1, 0.15) is 10.4 Å². The summed E-state index contributed by atoms with van der Waals surface area (Å²) < 4.78 is 6.16. The first kappa shape index (κ1) is 18.2. The topological polar surface area (TPSA) is 70.6 Å². The van der Waals surface area contributed by atoms with Gasteiger partial charge >= 0.3 is 0 Å². The number of hydrogen-bond acceptors (Lipinski definition) is 7. The molecule has 0 bridgehead atoms. The second kappa shape index (κ2) is 7.74. The molecule has 0 aliphatic carbocycles. The number of aromatic nitrogens is 2. The van der Waals surface area contributed by atoms with Crippen molar-refractivity contribution in [3.8, 4) is 0 Å². The van der Waals surface area contributed by atoms with E-state index in [1.54, 1.807) is 12.3 Å². The fraction of sp³-hybridized carbons (Fsp3) is 0.400. The number of anilines is 3. The van der Waals surface area contributed by atoms with Gasteiger partial charge < -0.3 is 19.9 Å². The number of rotatable bonds is 4. The van der Waals surface area contributed by atoms with Gasteiger partial charge in [0.05, 0.1) is 29.3 Å². The Hall–Kier alpha value is -1.61. The third-order valence-corrected chi connectivity index (χ3v) is 5.11. The van der Waals surface area contributed by atoms with Gasteiger partial charge in [0, 0.05) is 27.2 Å². The van der Waals surface area contributed by atoms with Crippen molar-refractivity contribution in [2.45, 2.75) is 0 Å². The molecule has 1 amide bonds. The molecule has 0 unspecified atom stereocenters. The first-order valence-electron chi connectivity index (χ1n) is 7.59. The predicted molar refractivity (Wildman–Crippen MR) is 102 cm³/mol. The van der Waals surface area contributed by atoms with Gasteiger partial charge in [-0.25, -0.2) is 4.98 Å². The van der Waals surface area contributed by atoms with Crippen molar-refractivity contribution < 1.29 is 9.53 Å². The molecule has 2 aromatic heterocycles. The Labute approximate surface area is 159 Å². The summed E-state index contributed by atoms with van der Waals surface area (Å²) in [6, 6.07) is 1.54. The molecule has 25 heavy (non-hydrogen) atoms. The molecule has 0 radical (unpaired) electrons. The van der Waals surface area contributed by atoms with Crippen molar-refractivity contribution in [3.05, 3.63) is 26.5 Å². The Bertz CT molecular complexity index is 777. The highest BCUT2D eigenvalue weighted by atomic mass is 35.5. The minimum Gasteiger partial charge on any atom is -0.378 e. The summed E-state index contributed by atoms with van der Waals surface area (Å²) in [4.78, 5) is 25.3. The van der Waals surface area contributed by atoms with Crippen LogP contribution in [0.2, 0.25) is 8.67 Å². The first-order chi connectivity index (χ1) is 12.0. The highest BCUT2D eigenvalue weighted by molar-refractivity contribution is 7.20. The summed E-state index contributed by atoms with van der Waals surface area (Å²) >= 11 is 13.1. The second-order valence-corrected chi connectivity index (χ2v) is 7.88. The average molecular weight is 402 g/mol. The number of thiophene rings is 1. The van der Waals surface area contributed by atoms with E-state index in [9.17, 15) is 4.79 Å². The molecular weight excluding hydrogens is 385 g/mol. The molecule has 0 aromatic carbocycles. The summed E-state index contributed by atoms with van der Waals surface area (Å²) in [5.41, 5.74) is 0.837. The zero-order chi connectivity index (χ0) is 18.0. The fourth-order valence-electron chi connectivity index (χ4n) is 2.39. The van der Waals surface area contributed by atoms with Crippen molar-refractivity contribution in [3.63, 3.8) is 0 Å². The van der Waals surface area contributed by atoms with Crippen LogP contribution in [0, 0.1) is 0 Å². The second-order valence-electron chi connectivity index (χ2n) is 5.59. The van der Waals surface area contributed by atoms with Crippen LogP contribution in [0.3, 0.4) is 0 Å². The van der Waals surface area contributed by atoms with Gasteiger partial charge in [-0.05, 0) is 6.07 Å². The van der Waals surface area contributed by atoms with Gasteiger partial charge in [0.25, 0.3) is 5.91 Å². The lowest BCUT2D eigenvalue weighted by atomic mass is 10.3. The number of hydrogen-bond donors (Lipinski definition) is 1. The predicted octanol–water partition coefficient (Wildman–Crippen LogP) is 3.00. The van der Waals surface area contributed by atoms with E-state index in [1.165, 1.54) is 0 Å². The number of ether oxygens (including phenoxy) is 1. The third-order valence-electron chi connectivity index (χ3n) is 3.62. The van der Waals surface area contributed by atoms with Gasteiger partial charge in [0.1, 0.15) is 10.0 Å². The van der Waals surface area contributed by atoms with Gasteiger partial charge in [-0.2, -0.15) is 4.98 Å². The van der Waals surface area contributed by atoms with E-state index in [1.807, 2.05) is 19.0 Å². The highest BCUT2D eigenvalue weighted by Crippen LogP contribution is 2.32. The molecule has 3 heterocycles. The standard InChI is InChI=1S/C15H17Cl2N5O2S/c1-21(2)13-10(19-14(23)9-7-11(16)25-12(9)17)8-18-15(20-13)22-3-5-24-6-4-22/h7-8H,3-6H2,1-2H3,(H,19,23). The number of carbonyl (C=O) groups is 1. The van der Waals surface area contributed by atoms with Crippen molar-refractivity contribution in [2.75, 3.05) is 55.5 Å². The average Bonchev–Trinajstić information content (AvgIpc) is 2.94. The molecule has 1 fully saturated rings. The van der Waals surface area contributed by atoms with Crippen molar-refractivity contribution in [1.29, 1.82) is 0 Å². The van der Waals surface area contributed by atoms with Gasteiger partial charge in [-0.15, -0.1) is 11.3 Å². The maximum absolute atomic E-state index is 12.5. The van der Waals surface area contributed by atoms with Crippen LogP contribution < -0.4 is 15.1 Å². The van der Waals surface area contributed by atoms with Crippen LogP contribution in [0.4, 0.5) is 17.5 Å². The Morgan fingerprint density at radius 3 is 2.68 bits per heavy atom. The molecule has 10 heteroatoms. The smallest absolute Gasteiger partial charge is 0.258 e. The van der Waals surface area contributed by atoms with Crippen LogP contribution in [0.5, 0.6) is 0 Å². The maximum Gasteiger partial charge on any atom is 0.258 e. The largest absolute Gasteiger partial charge is 0.378 e. The lowest BCUT2D eigenvalue weighted by Crippen LogP contribution is -2.37. The van der Waals surface area contributed by atoms with Gasteiger partial charge in [0.15, 0.2) is 5.82 Å². The number of nitrogens with zero attached hydrogens (tertiary/aromatic N) is 4. The first-order valence-corrected chi connectivity index (χ1v) is 9.16. The Morgan fingerprint density at radius 1 is 1.36 bits per heavy atom. The molecule has 1 aliphatic rings. The normalized spacial score (nSPS) is 14.5. The highest BCUT2D eigenvalue weighted by Gasteiger charge is 2.20. The van der Waals surface area contributed by atoms with Crippen LogP contribution in [-0.2, 0) is 4.74 Å². The quantitative estimate of drug-likeness (QED) is 0.848. The van der Waals surface area contributed by atoms with Crippen LogP contribution in [0.15, 0.2) is 12.3 Å². The summed E-state index contributed by atoms with van der Waals surface area (Å²) in [5, 5.41) is 2.81. The summed E-state index contributed by atoms with van der Waals surface area (Å²) in [5.74, 6) is 0.878. The Morgan fingerprint density at radius 2 is 2.08 bits per heavy atom. The van der Waals surface area contributed by atoms with E-state index >= 15 is 0 Å². The Kier molecular flexibility index (Phi) is 5.63. The molecule has 2 aromatic rings. The van der Waals surface area contributed by atoms with E-state index in [0.29, 0.717) is 44.9 Å². The number of carbonyl (C=O) groups excluding carboxylic acids is 1. The SMILES string of the molecule is CN(C)c1nc(N2CCOCC2)ncc1NC(=O)c1cc(Cl)sc1Cl. The number of amides is 1. The van der Waals surface area contributed by atoms with Crippen molar-refractivity contribution >= 4 is 57.9 Å². The summed E-state index contributed by atoms with van der Waals surface area (Å²) in [6.45, 7) is 2.77. The van der Waals surface area contributed by atoms with E-state index in [4.69, 9.17) is 27.9 Å². The summed E-state index contributed by atoms with van der Waals surface area (Å²) in [7, 11) is 3.71. The number of morpholine rings is 1. The van der Waals surface area contributed by atoms with Gasteiger partial charge in [0.2, 0.25) is 5.95 Å². The third kappa shape index (κ3) is 4.14. The molecule has 0 saturated carbocycles. The van der Waals surface area contributed by atoms with E-state index in [-0.39, 0.29) is 5.91 Å². The minimum atomic E-state index is -0.348. The van der Waals surface area contributed by atoms with Crippen LogP contribution in [-0.4, -0.2) is 56.3 Å². The molecule has 0 atom stereocenters. The zero-order valence-electron chi connectivity index (χ0n) is 13.8. The van der Waals surface area contributed by atoms with E-state index < -0.39 is 0 Å². The minimum absolute atomic E-state index is 0.332. The monoisotopic (exact) mass is 401 g/mol. The fourth-order valence-corrected chi connectivity index (χ4v) is 3.85. The lowest BCUT2D eigenvalue weighted by molar-refractivity contribution is 0.102. The molecular formula is C15H17Cl2N5O2S. The van der Waals surface area contributed by atoms with Crippen LogP contribution >= 0.6 is 34.5 Å². The molecule has 7 nitrogen and oxygen atoms in total. The molecule has 3 rings (SSSR count). The summed E-state index contributed by atoms with van der Waals surface area (Å²) in [6.07, 6.45) is 1.60. The van der Waals surface area contributed by atoms with E-state index in [0.717, 1.165) is 24.4 Å². The maximum atomic E-state index is 12.5. The molecule has 134 valence electrons. The number of nitrogens with one attached hydrogen (secondary N) is 1.